The van der Waals surface area contributed by atoms with Crippen LogP contribution in [0.3, 0.4) is 0 Å². The Hall–Kier alpha value is -3.53. The molecular weight excluding hydrogens is 414 g/mol. The minimum atomic E-state index is -3.65. The van der Waals surface area contributed by atoms with Crippen molar-refractivity contribution in [2.24, 2.45) is 5.41 Å². The summed E-state index contributed by atoms with van der Waals surface area (Å²) < 4.78 is 35.8. The van der Waals surface area contributed by atoms with Crippen molar-refractivity contribution >= 4 is 11.6 Å². The van der Waals surface area contributed by atoms with E-state index in [-0.39, 0.29) is 24.2 Å². The molecule has 7 heteroatoms. The number of carbonyl (C=O) groups is 1. The molecule has 0 radical (unpaired) electrons. The second-order valence-corrected chi connectivity index (χ2v) is 8.28. The van der Waals surface area contributed by atoms with Gasteiger partial charge in [0.1, 0.15) is 11.1 Å². The van der Waals surface area contributed by atoms with E-state index in [1.807, 2.05) is 19.1 Å². The van der Waals surface area contributed by atoms with Crippen molar-refractivity contribution in [2.75, 3.05) is 12.4 Å². The quantitative estimate of drug-likeness (QED) is 0.508. The van der Waals surface area contributed by atoms with Crippen molar-refractivity contribution < 1.29 is 24.5 Å². The van der Waals surface area contributed by atoms with Crippen LogP contribution in [0.15, 0.2) is 47.7 Å². The minimum Gasteiger partial charge on any atom is -0.395 e. The summed E-state index contributed by atoms with van der Waals surface area (Å²) >= 11 is 0. The van der Waals surface area contributed by atoms with Gasteiger partial charge < -0.3 is 20.1 Å². The number of hydrogen-bond donors (Lipinski definition) is 2. The molecule has 1 amide bonds. The molecule has 1 fully saturated rings. The largest absolute Gasteiger partial charge is 0.586 e. The molecule has 2 N–H and O–H groups in total. The molecule has 1 aliphatic heterocycles. The van der Waals surface area contributed by atoms with E-state index >= 15 is 0 Å². The zero-order chi connectivity index (χ0) is 22.5. The van der Waals surface area contributed by atoms with Crippen LogP contribution in [0.1, 0.15) is 32.7 Å². The van der Waals surface area contributed by atoms with Crippen molar-refractivity contribution in [1.29, 1.82) is 0 Å². The summed E-state index contributed by atoms with van der Waals surface area (Å²) in [4.78, 5) is 13.0. The molecule has 1 saturated carbocycles. The van der Waals surface area contributed by atoms with Gasteiger partial charge in [0.15, 0.2) is 11.5 Å². The molecule has 2 aromatic carbocycles. The number of alkyl halides is 2. The highest BCUT2D eigenvalue weighted by Gasteiger charge is 2.44. The van der Waals surface area contributed by atoms with Gasteiger partial charge in [-0.1, -0.05) is 30.4 Å². The number of anilines is 1. The third-order valence-electron chi connectivity index (χ3n) is 6.15. The van der Waals surface area contributed by atoms with Crippen LogP contribution >= 0.6 is 0 Å². The molecule has 2 aliphatic carbocycles. The SMILES string of the molecule is CN/C(C(=O)Nc1ccc(-c2cc3c(cc2C)OC(F)(F)O3)cc1)=C1/CCCCC12C#C2.[HH]. The highest BCUT2D eigenvalue weighted by molar-refractivity contribution is 6.04. The Morgan fingerprint density at radius 1 is 1.09 bits per heavy atom. The third kappa shape index (κ3) is 3.56. The molecule has 5 nitrogen and oxygen atoms in total. The van der Waals surface area contributed by atoms with Crippen LogP contribution in [-0.4, -0.2) is 19.2 Å². The predicted octanol–water partition coefficient (Wildman–Crippen LogP) is 5.22. The second kappa shape index (κ2) is 7.27. The van der Waals surface area contributed by atoms with E-state index in [0.717, 1.165) is 47.9 Å². The number of halogens is 2. The molecule has 5 rings (SSSR count). The summed E-state index contributed by atoms with van der Waals surface area (Å²) in [6.07, 6.45) is 0.319. The van der Waals surface area contributed by atoms with Crippen molar-refractivity contribution in [2.45, 2.75) is 38.9 Å². The minimum absolute atomic E-state index is 0. The van der Waals surface area contributed by atoms with Gasteiger partial charge >= 0.3 is 6.29 Å². The van der Waals surface area contributed by atoms with Gasteiger partial charge in [0, 0.05) is 14.2 Å². The topological polar surface area (TPSA) is 59.6 Å². The van der Waals surface area contributed by atoms with Gasteiger partial charge in [0.05, 0.1) is 0 Å². The number of rotatable bonds is 4. The lowest BCUT2D eigenvalue weighted by Crippen LogP contribution is -2.29. The van der Waals surface area contributed by atoms with Crippen LogP contribution in [0, 0.1) is 24.2 Å². The Balaban J connectivity index is 0.00000259. The number of nitrogens with one attached hydrogen (secondary N) is 2. The molecule has 0 aromatic heterocycles. The highest BCUT2D eigenvalue weighted by atomic mass is 19.3. The average molecular weight is 438 g/mol. The molecule has 1 heterocycles. The number of aryl methyl sites for hydroxylation is 1. The molecule has 0 bridgehead atoms. The lowest BCUT2D eigenvalue weighted by atomic mass is 9.77. The van der Waals surface area contributed by atoms with Crippen LogP contribution in [0.4, 0.5) is 14.5 Å². The number of fused-ring (bicyclic) bond motifs is 1. The van der Waals surface area contributed by atoms with Crippen molar-refractivity contribution in [3.8, 4) is 34.5 Å². The van der Waals surface area contributed by atoms with E-state index in [4.69, 9.17) is 0 Å². The fourth-order valence-electron chi connectivity index (χ4n) is 4.48. The molecule has 32 heavy (non-hydrogen) atoms. The molecule has 1 spiro atoms. The summed E-state index contributed by atoms with van der Waals surface area (Å²) in [6, 6.07) is 10.3. The van der Waals surface area contributed by atoms with E-state index in [2.05, 4.69) is 31.9 Å². The van der Waals surface area contributed by atoms with Crippen LogP contribution in [0.5, 0.6) is 11.5 Å². The van der Waals surface area contributed by atoms with Gasteiger partial charge in [-0.2, -0.15) is 0 Å². The fourth-order valence-corrected chi connectivity index (χ4v) is 4.48. The lowest BCUT2D eigenvalue weighted by Gasteiger charge is -2.26. The molecule has 0 saturated heterocycles. The first-order valence-corrected chi connectivity index (χ1v) is 10.6. The Labute approximate surface area is 186 Å². The zero-order valence-corrected chi connectivity index (χ0v) is 17.8. The Kier molecular flexibility index (Phi) is 4.63. The lowest BCUT2D eigenvalue weighted by molar-refractivity contribution is -0.286. The van der Waals surface area contributed by atoms with Gasteiger partial charge in [-0.15, -0.1) is 8.78 Å². The number of allylic oxidation sites excluding steroid dienone is 1. The standard InChI is InChI=1S/C25H22F2N2O3.H2/c1-15-13-20-21(32-25(26,27)31-20)14-18(15)16-6-8-17(9-7-16)29-23(30)22(28-2)19-5-3-4-10-24(19)11-12-24;/h6-9,13-14,28H,3-5,10H2,1-2H3,(H,29,30);1H/b22-19-;. The van der Waals surface area contributed by atoms with Crippen LogP contribution in [0.25, 0.3) is 11.1 Å². The van der Waals surface area contributed by atoms with Crippen LogP contribution < -0.4 is 20.1 Å². The van der Waals surface area contributed by atoms with Gasteiger partial charge in [0.25, 0.3) is 5.91 Å². The molecule has 0 unspecified atom stereocenters. The summed E-state index contributed by atoms with van der Waals surface area (Å²) in [7, 11) is 1.75. The first-order valence-electron chi connectivity index (χ1n) is 10.6. The first kappa shape index (κ1) is 20.4. The number of benzene rings is 2. The summed E-state index contributed by atoms with van der Waals surface area (Å²) in [5.41, 5.74) is 4.33. The van der Waals surface area contributed by atoms with Crippen molar-refractivity contribution in [3.63, 3.8) is 0 Å². The van der Waals surface area contributed by atoms with E-state index in [0.29, 0.717) is 11.4 Å². The van der Waals surface area contributed by atoms with Crippen LogP contribution in [-0.2, 0) is 4.79 Å². The Morgan fingerprint density at radius 3 is 2.44 bits per heavy atom. The number of likely N-dealkylation sites (N-methyl/N-ethyl adjacent to an activating group) is 1. The van der Waals surface area contributed by atoms with Gasteiger partial charge in [-0.05, 0) is 72.7 Å². The predicted molar refractivity (Wildman–Crippen MR) is 118 cm³/mol. The molecule has 3 aliphatic rings. The summed E-state index contributed by atoms with van der Waals surface area (Å²) in [5.74, 6) is 6.21. The normalized spacial score (nSPS) is 20.2. The maximum Gasteiger partial charge on any atom is 0.586 e. The molecule has 2 aromatic rings. The third-order valence-corrected chi connectivity index (χ3v) is 6.15. The second-order valence-electron chi connectivity index (χ2n) is 8.28. The van der Waals surface area contributed by atoms with Gasteiger partial charge in [-0.3, -0.25) is 4.79 Å². The fraction of sp³-hybridized carbons (Fsp3) is 0.320. The maximum absolute atomic E-state index is 13.4. The van der Waals surface area contributed by atoms with E-state index < -0.39 is 6.29 Å². The molecule has 0 atom stereocenters. The number of hydrogen-bond acceptors (Lipinski definition) is 4. The molecule has 166 valence electrons. The smallest absolute Gasteiger partial charge is 0.395 e. The monoisotopic (exact) mass is 438 g/mol. The average Bonchev–Trinajstić information content (AvgIpc) is 3.44. The van der Waals surface area contributed by atoms with Crippen molar-refractivity contribution in [1.82, 2.24) is 5.32 Å². The number of ether oxygens (including phenoxy) is 2. The maximum atomic E-state index is 13.4. The highest BCUT2D eigenvalue weighted by Crippen LogP contribution is 2.47. The number of carbonyl (C=O) groups excluding carboxylic acids is 1. The Morgan fingerprint density at radius 2 is 1.78 bits per heavy atom. The first-order chi connectivity index (χ1) is 15.3. The van der Waals surface area contributed by atoms with Gasteiger partial charge in [0.2, 0.25) is 0 Å². The van der Waals surface area contributed by atoms with Gasteiger partial charge in [-0.25, -0.2) is 0 Å². The van der Waals surface area contributed by atoms with E-state index in [1.54, 1.807) is 25.2 Å². The Bertz CT molecular complexity index is 1200. The van der Waals surface area contributed by atoms with Crippen molar-refractivity contribution in [3.05, 3.63) is 53.2 Å². The summed E-state index contributed by atoms with van der Waals surface area (Å²) in [6.45, 7) is 1.82. The van der Waals surface area contributed by atoms with E-state index in [1.165, 1.54) is 6.07 Å². The molecular formula is C25H24F2N2O3. The zero-order valence-electron chi connectivity index (χ0n) is 17.8. The summed E-state index contributed by atoms with van der Waals surface area (Å²) in [5, 5.41) is 6.01. The number of amides is 1. The van der Waals surface area contributed by atoms with Crippen LogP contribution in [0.2, 0.25) is 0 Å². The van der Waals surface area contributed by atoms with E-state index in [9.17, 15) is 13.6 Å².